The molecule has 1 atom stereocenters. The summed E-state index contributed by atoms with van der Waals surface area (Å²) in [5, 5.41) is 11.0. The fourth-order valence-corrected chi connectivity index (χ4v) is 9.10. The first-order valence-electron chi connectivity index (χ1n) is 19.9. The molecule has 0 saturated carbocycles. The normalized spacial score (nSPS) is 12.6. The van der Waals surface area contributed by atoms with Crippen LogP contribution in [0.1, 0.15) is 22.7 Å². The number of fused-ring (bicyclic) bond motifs is 10. The van der Waals surface area contributed by atoms with Gasteiger partial charge in [0.1, 0.15) is 28.4 Å². The first kappa shape index (κ1) is 34.5. The highest BCUT2D eigenvalue weighted by Crippen LogP contribution is 2.44. The molecule has 9 aromatic carbocycles. The average Bonchev–Trinajstić information content (AvgIpc) is 3.87. The lowest BCUT2D eigenvalue weighted by Crippen LogP contribution is -2.07. The standard InChI is InChI=1S/C56H37NO2/c1-4-50(43-28-15-25-39-40(43)26-14-27-41(39)48-33-49-44-21-9-11-30-51(44)59-56(49)46-22-8-7-20-42(46)48)57-55(45-29-13-18-36-17-5-6-19-38(36)45)35(3)34(2)37-24-16-32-53-54(37)47-23-10-12-31-52(47)58-53/h4-33,55H,1-3H2/b57-50+. The second kappa shape index (κ2) is 13.7. The maximum atomic E-state index is 6.46. The quantitative estimate of drug-likeness (QED) is 0.114. The zero-order chi connectivity index (χ0) is 39.6. The van der Waals surface area contributed by atoms with Crippen LogP contribution in [0, 0.1) is 0 Å². The van der Waals surface area contributed by atoms with Crippen LogP contribution in [0.15, 0.2) is 221 Å². The van der Waals surface area contributed by atoms with Crippen molar-refractivity contribution in [3.05, 3.63) is 224 Å². The van der Waals surface area contributed by atoms with Crippen molar-refractivity contribution in [3.63, 3.8) is 0 Å². The third-order valence-corrected chi connectivity index (χ3v) is 11.9. The van der Waals surface area contributed by atoms with Crippen molar-refractivity contribution < 1.29 is 8.83 Å². The lowest BCUT2D eigenvalue weighted by molar-refractivity contribution is 0.669. The van der Waals surface area contributed by atoms with E-state index in [1.165, 1.54) is 0 Å². The van der Waals surface area contributed by atoms with Gasteiger partial charge in [-0.2, -0.15) is 0 Å². The van der Waals surface area contributed by atoms with Crippen molar-refractivity contribution in [3.8, 4) is 11.1 Å². The number of aliphatic imine (C=N–C) groups is 1. The zero-order valence-electron chi connectivity index (χ0n) is 32.3. The summed E-state index contributed by atoms with van der Waals surface area (Å²) in [6.45, 7) is 13.8. The molecule has 0 amide bonds. The Hall–Kier alpha value is -7.75. The number of nitrogens with zero attached hydrogens (tertiary/aromatic N) is 1. The van der Waals surface area contributed by atoms with Crippen LogP contribution in [0.5, 0.6) is 0 Å². The minimum atomic E-state index is -0.478. The first-order chi connectivity index (χ1) is 29.1. The molecule has 2 heterocycles. The molecule has 0 aliphatic heterocycles. The molecule has 0 bridgehead atoms. The summed E-state index contributed by atoms with van der Waals surface area (Å²) in [6, 6.07) is 60.8. The highest BCUT2D eigenvalue weighted by molar-refractivity contribution is 6.23. The highest BCUT2D eigenvalue weighted by Gasteiger charge is 2.24. The molecule has 0 spiro atoms. The van der Waals surface area contributed by atoms with Crippen molar-refractivity contribution in [2.75, 3.05) is 0 Å². The minimum absolute atomic E-state index is 0.478. The van der Waals surface area contributed by atoms with Gasteiger partial charge in [0.25, 0.3) is 0 Å². The molecule has 2 aromatic heterocycles. The van der Waals surface area contributed by atoms with Crippen LogP contribution in [-0.4, -0.2) is 5.71 Å². The Bertz CT molecular complexity index is 3570. The van der Waals surface area contributed by atoms with E-state index in [0.717, 1.165) is 121 Å². The van der Waals surface area contributed by atoms with Crippen molar-refractivity contribution in [1.82, 2.24) is 0 Å². The Balaban J connectivity index is 1.10. The van der Waals surface area contributed by atoms with E-state index in [4.69, 9.17) is 27.0 Å². The van der Waals surface area contributed by atoms with Crippen molar-refractivity contribution in [2.45, 2.75) is 6.04 Å². The fourth-order valence-electron chi connectivity index (χ4n) is 9.10. The predicted molar refractivity (Wildman–Crippen MR) is 249 cm³/mol. The molecule has 1 unspecified atom stereocenters. The van der Waals surface area contributed by atoms with Gasteiger partial charge in [-0.15, -0.1) is 0 Å². The largest absolute Gasteiger partial charge is 0.456 e. The molecule has 0 N–H and O–H groups in total. The number of rotatable bonds is 8. The van der Waals surface area contributed by atoms with Gasteiger partial charge in [0.15, 0.2) is 0 Å². The highest BCUT2D eigenvalue weighted by atomic mass is 16.3. The van der Waals surface area contributed by atoms with Gasteiger partial charge in [-0.1, -0.05) is 171 Å². The van der Waals surface area contributed by atoms with Gasteiger partial charge in [-0.3, -0.25) is 4.99 Å². The third kappa shape index (κ3) is 5.47. The molecule has 3 heteroatoms. The molecular weight excluding hydrogens is 719 g/mol. The topological polar surface area (TPSA) is 38.6 Å². The number of benzene rings is 9. The summed E-state index contributed by atoms with van der Waals surface area (Å²) < 4.78 is 12.8. The predicted octanol–water partition coefficient (Wildman–Crippen LogP) is 15.6. The van der Waals surface area contributed by atoms with Gasteiger partial charge < -0.3 is 8.83 Å². The van der Waals surface area contributed by atoms with E-state index >= 15 is 0 Å². The molecule has 11 aromatic rings. The summed E-state index contributed by atoms with van der Waals surface area (Å²) in [5.41, 5.74) is 11.1. The number of furan rings is 2. The Morgan fingerprint density at radius 1 is 0.475 bits per heavy atom. The Morgan fingerprint density at radius 2 is 1.05 bits per heavy atom. The molecule has 278 valence electrons. The van der Waals surface area contributed by atoms with Crippen LogP contribution in [0.4, 0.5) is 0 Å². The van der Waals surface area contributed by atoms with Gasteiger partial charge in [0, 0.05) is 32.5 Å². The lowest BCUT2D eigenvalue weighted by atomic mass is 9.87. The van der Waals surface area contributed by atoms with E-state index in [9.17, 15) is 0 Å². The van der Waals surface area contributed by atoms with Crippen molar-refractivity contribution in [1.29, 1.82) is 0 Å². The Kier molecular flexibility index (Phi) is 8.02. The van der Waals surface area contributed by atoms with Crippen LogP contribution in [0.25, 0.3) is 92.9 Å². The smallest absolute Gasteiger partial charge is 0.143 e. The fraction of sp³-hybridized carbons (Fsp3) is 0.0179. The molecule has 0 saturated heterocycles. The maximum Gasteiger partial charge on any atom is 0.143 e. The Labute approximate surface area is 341 Å². The minimum Gasteiger partial charge on any atom is -0.456 e. The summed E-state index contributed by atoms with van der Waals surface area (Å²) in [5.74, 6) is 0. The van der Waals surface area contributed by atoms with Crippen LogP contribution < -0.4 is 0 Å². The molecule has 3 nitrogen and oxygen atoms in total. The Morgan fingerprint density at radius 3 is 1.88 bits per heavy atom. The molecule has 11 rings (SSSR count). The van der Waals surface area contributed by atoms with Gasteiger partial charge in [0.05, 0.1) is 5.71 Å². The van der Waals surface area contributed by atoms with Gasteiger partial charge in [0.2, 0.25) is 0 Å². The average molecular weight is 756 g/mol. The molecule has 0 radical (unpaired) electrons. The van der Waals surface area contributed by atoms with Gasteiger partial charge in [-0.05, 0) is 90.7 Å². The van der Waals surface area contributed by atoms with Crippen LogP contribution >= 0.6 is 0 Å². The van der Waals surface area contributed by atoms with Crippen molar-refractivity contribution in [2.24, 2.45) is 4.99 Å². The molecule has 0 aliphatic carbocycles. The van der Waals surface area contributed by atoms with E-state index < -0.39 is 6.04 Å². The molecule has 0 aliphatic rings. The van der Waals surface area contributed by atoms with Crippen LogP contribution in [0.2, 0.25) is 0 Å². The van der Waals surface area contributed by atoms with E-state index in [2.05, 4.69) is 140 Å². The van der Waals surface area contributed by atoms with Gasteiger partial charge in [-0.25, -0.2) is 0 Å². The first-order valence-corrected chi connectivity index (χ1v) is 19.9. The number of allylic oxidation sites excluding steroid dienone is 1. The summed E-state index contributed by atoms with van der Waals surface area (Å²) in [4.78, 5) is 5.63. The van der Waals surface area contributed by atoms with Crippen molar-refractivity contribution >= 4 is 87.5 Å². The van der Waals surface area contributed by atoms with Gasteiger partial charge >= 0.3 is 0 Å². The lowest BCUT2D eigenvalue weighted by Gasteiger charge is -2.22. The number of para-hydroxylation sites is 2. The second-order valence-electron chi connectivity index (χ2n) is 15.1. The van der Waals surface area contributed by atoms with E-state index in [-0.39, 0.29) is 0 Å². The van der Waals surface area contributed by atoms with E-state index in [1.807, 2.05) is 48.5 Å². The van der Waals surface area contributed by atoms with Crippen LogP contribution in [-0.2, 0) is 0 Å². The number of hydrogen-bond acceptors (Lipinski definition) is 3. The molecule has 59 heavy (non-hydrogen) atoms. The molecule has 0 fully saturated rings. The van der Waals surface area contributed by atoms with E-state index in [1.54, 1.807) is 0 Å². The second-order valence-corrected chi connectivity index (χ2v) is 15.1. The van der Waals surface area contributed by atoms with E-state index in [0.29, 0.717) is 0 Å². The summed E-state index contributed by atoms with van der Waals surface area (Å²) >= 11 is 0. The monoisotopic (exact) mass is 755 g/mol. The third-order valence-electron chi connectivity index (χ3n) is 11.9. The zero-order valence-corrected chi connectivity index (χ0v) is 32.3. The molecular formula is C56H37NO2. The SMILES string of the molecule is C=C/C(=N\C(C(=C)C(=C)c1cccc2oc3ccccc3c12)c1cccc2ccccc12)c1cccc2c(-c3cc4c5ccccc5oc4c4ccccc34)cccc12. The number of hydrogen-bond donors (Lipinski definition) is 0. The summed E-state index contributed by atoms with van der Waals surface area (Å²) in [7, 11) is 0. The van der Waals surface area contributed by atoms with Crippen LogP contribution in [0.3, 0.4) is 0 Å². The maximum absolute atomic E-state index is 6.46. The summed E-state index contributed by atoms with van der Waals surface area (Å²) in [6.07, 6.45) is 1.87.